The third-order valence-electron chi connectivity index (χ3n) is 7.47. The number of anilines is 1. The summed E-state index contributed by atoms with van der Waals surface area (Å²) in [5.74, 6) is -0.821. The predicted octanol–water partition coefficient (Wildman–Crippen LogP) is 6.40. The second-order valence-corrected chi connectivity index (χ2v) is 13.1. The van der Waals surface area contributed by atoms with Crippen molar-refractivity contribution in [3.8, 4) is 0 Å². The molecule has 230 valence electrons. The Bertz CT molecular complexity index is 1630. The average molecular weight is 632 g/mol. The molecular formula is C35H38ClN3O4S. The smallest absolute Gasteiger partial charge is 0.264 e. The minimum atomic E-state index is -4.14. The lowest BCUT2D eigenvalue weighted by atomic mass is 10.0. The van der Waals surface area contributed by atoms with Gasteiger partial charge in [0.2, 0.25) is 11.8 Å². The SMILES string of the molecule is CC[C@H](C)NC(=O)[C@H](Cc1ccccc1)N(Cc1ccc(Cl)cc1)C(=O)CN(c1ccccc1)S(=O)(=O)c1ccc(C)cc1. The van der Waals surface area contributed by atoms with Crippen molar-refractivity contribution in [3.63, 3.8) is 0 Å². The zero-order valence-corrected chi connectivity index (χ0v) is 26.8. The summed E-state index contributed by atoms with van der Waals surface area (Å²) in [7, 11) is -4.14. The van der Waals surface area contributed by atoms with Crippen LogP contribution in [0.5, 0.6) is 0 Å². The zero-order valence-electron chi connectivity index (χ0n) is 25.2. The molecule has 1 N–H and O–H groups in total. The fraction of sp³-hybridized carbons (Fsp3) is 0.257. The largest absolute Gasteiger partial charge is 0.352 e. The van der Waals surface area contributed by atoms with E-state index < -0.39 is 28.5 Å². The molecule has 0 heterocycles. The van der Waals surface area contributed by atoms with Gasteiger partial charge in [0.05, 0.1) is 10.6 Å². The normalized spacial score (nSPS) is 12.6. The molecule has 0 saturated heterocycles. The van der Waals surface area contributed by atoms with Gasteiger partial charge in [-0.1, -0.05) is 96.9 Å². The molecule has 2 atom stereocenters. The Labute approximate surface area is 265 Å². The molecule has 0 unspecified atom stereocenters. The van der Waals surface area contributed by atoms with Gasteiger partial charge in [-0.15, -0.1) is 0 Å². The molecule has 0 aliphatic rings. The summed E-state index contributed by atoms with van der Waals surface area (Å²) in [6, 6.07) is 30.6. The van der Waals surface area contributed by atoms with E-state index in [0.29, 0.717) is 17.1 Å². The fourth-order valence-electron chi connectivity index (χ4n) is 4.74. The first kappa shape index (κ1) is 32.8. The molecule has 0 radical (unpaired) electrons. The molecule has 0 spiro atoms. The van der Waals surface area contributed by atoms with Crippen molar-refractivity contribution in [2.24, 2.45) is 0 Å². The molecule has 9 heteroatoms. The van der Waals surface area contributed by atoms with Gasteiger partial charge in [0.15, 0.2) is 0 Å². The molecule has 0 aromatic heterocycles. The van der Waals surface area contributed by atoms with E-state index in [2.05, 4.69) is 5.32 Å². The number of para-hydroxylation sites is 1. The van der Waals surface area contributed by atoms with Crippen molar-refractivity contribution in [2.45, 2.75) is 57.1 Å². The molecule has 0 bridgehead atoms. The standard InChI is InChI=1S/C35H38ClN3O4S/c1-4-27(3)37-35(41)33(23-28-11-7-5-8-12-28)38(24-29-17-19-30(36)20-18-29)34(40)25-39(31-13-9-6-10-14-31)44(42,43)32-21-15-26(2)16-22-32/h5-22,27,33H,4,23-25H2,1-3H3,(H,37,41)/t27-,33-/m0/s1. The summed E-state index contributed by atoms with van der Waals surface area (Å²) < 4.78 is 29.2. The second-order valence-electron chi connectivity index (χ2n) is 10.8. The van der Waals surface area contributed by atoms with Crippen molar-refractivity contribution in [3.05, 3.63) is 131 Å². The highest BCUT2D eigenvalue weighted by Gasteiger charge is 2.34. The third-order valence-corrected chi connectivity index (χ3v) is 9.51. The number of rotatable bonds is 13. The van der Waals surface area contributed by atoms with Crippen LogP contribution in [0.25, 0.3) is 0 Å². The van der Waals surface area contributed by atoms with E-state index in [1.807, 2.05) is 51.1 Å². The van der Waals surface area contributed by atoms with E-state index in [0.717, 1.165) is 21.0 Å². The van der Waals surface area contributed by atoms with Crippen LogP contribution in [0.2, 0.25) is 5.02 Å². The predicted molar refractivity (Wildman–Crippen MR) is 176 cm³/mol. The molecule has 4 rings (SSSR count). The first-order chi connectivity index (χ1) is 21.1. The van der Waals surface area contributed by atoms with Gasteiger partial charge in [-0.05, 0) is 67.8 Å². The summed E-state index contributed by atoms with van der Waals surface area (Å²) >= 11 is 6.14. The Kier molecular flexibility index (Phi) is 11.2. The van der Waals surface area contributed by atoms with Crippen LogP contribution in [0.1, 0.15) is 37.0 Å². The number of aryl methyl sites for hydroxylation is 1. The topological polar surface area (TPSA) is 86.8 Å². The van der Waals surface area contributed by atoms with E-state index in [4.69, 9.17) is 11.6 Å². The molecule has 0 aliphatic heterocycles. The molecule has 7 nitrogen and oxygen atoms in total. The maximum atomic E-state index is 14.4. The third kappa shape index (κ3) is 8.49. The van der Waals surface area contributed by atoms with Crippen molar-refractivity contribution in [1.82, 2.24) is 10.2 Å². The number of amides is 2. The maximum Gasteiger partial charge on any atom is 0.264 e. The summed E-state index contributed by atoms with van der Waals surface area (Å²) in [6.07, 6.45) is 0.962. The molecule has 4 aromatic carbocycles. The molecule has 44 heavy (non-hydrogen) atoms. The average Bonchev–Trinajstić information content (AvgIpc) is 3.03. The van der Waals surface area contributed by atoms with Crippen LogP contribution in [0.4, 0.5) is 5.69 Å². The van der Waals surface area contributed by atoms with Gasteiger partial charge >= 0.3 is 0 Å². The Morgan fingerprint density at radius 3 is 2.00 bits per heavy atom. The minimum absolute atomic E-state index is 0.0688. The van der Waals surface area contributed by atoms with Crippen molar-refractivity contribution >= 4 is 39.1 Å². The van der Waals surface area contributed by atoms with Crippen LogP contribution in [-0.4, -0.2) is 43.8 Å². The van der Waals surface area contributed by atoms with Crippen LogP contribution in [0, 0.1) is 6.92 Å². The van der Waals surface area contributed by atoms with Gasteiger partial charge in [-0.25, -0.2) is 8.42 Å². The molecular weight excluding hydrogens is 594 g/mol. The lowest BCUT2D eigenvalue weighted by Gasteiger charge is -2.34. The molecule has 0 aliphatic carbocycles. The highest BCUT2D eigenvalue weighted by molar-refractivity contribution is 7.92. The number of nitrogens with one attached hydrogen (secondary N) is 1. The van der Waals surface area contributed by atoms with Crippen molar-refractivity contribution in [1.29, 1.82) is 0 Å². The molecule has 2 amide bonds. The number of carbonyl (C=O) groups excluding carboxylic acids is 2. The first-order valence-corrected chi connectivity index (χ1v) is 16.4. The first-order valence-electron chi connectivity index (χ1n) is 14.6. The maximum absolute atomic E-state index is 14.4. The number of benzene rings is 4. The van der Waals surface area contributed by atoms with E-state index in [9.17, 15) is 18.0 Å². The van der Waals surface area contributed by atoms with Gasteiger partial charge in [0, 0.05) is 24.0 Å². The number of hydrogen-bond acceptors (Lipinski definition) is 4. The van der Waals surface area contributed by atoms with Crippen LogP contribution in [-0.2, 0) is 32.6 Å². The number of nitrogens with zero attached hydrogens (tertiary/aromatic N) is 2. The number of hydrogen-bond donors (Lipinski definition) is 1. The van der Waals surface area contributed by atoms with E-state index in [1.165, 1.54) is 17.0 Å². The number of carbonyl (C=O) groups is 2. The monoisotopic (exact) mass is 631 g/mol. The lowest BCUT2D eigenvalue weighted by molar-refractivity contribution is -0.140. The van der Waals surface area contributed by atoms with Crippen LogP contribution >= 0.6 is 11.6 Å². The van der Waals surface area contributed by atoms with Crippen LogP contribution in [0.3, 0.4) is 0 Å². The van der Waals surface area contributed by atoms with Crippen LogP contribution < -0.4 is 9.62 Å². The summed E-state index contributed by atoms with van der Waals surface area (Å²) in [5.41, 5.74) is 2.88. The highest BCUT2D eigenvalue weighted by Crippen LogP contribution is 2.25. The van der Waals surface area contributed by atoms with Crippen molar-refractivity contribution < 1.29 is 18.0 Å². The molecule has 0 saturated carbocycles. The van der Waals surface area contributed by atoms with Crippen LogP contribution in [0.15, 0.2) is 114 Å². The Morgan fingerprint density at radius 1 is 0.818 bits per heavy atom. The molecule has 4 aromatic rings. The van der Waals surface area contributed by atoms with Gasteiger partial charge in [0.25, 0.3) is 10.0 Å². The summed E-state index contributed by atoms with van der Waals surface area (Å²) in [6.45, 7) is 5.33. The second kappa shape index (κ2) is 15.0. The Balaban J connectivity index is 1.78. The highest BCUT2D eigenvalue weighted by atomic mass is 35.5. The summed E-state index contributed by atoms with van der Waals surface area (Å²) in [5, 5.41) is 3.58. The van der Waals surface area contributed by atoms with E-state index in [1.54, 1.807) is 66.7 Å². The Morgan fingerprint density at radius 2 is 1.41 bits per heavy atom. The minimum Gasteiger partial charge on any atom is -0.352 e. The fourth-order valence-corrected chi connectivity index (χ4v) is 6.28. The van der Waals surface area contributed by atoms with Gasteiger partial charge in [-0.3, -0.25) is 13.9 Å². The van der Waals surface area contributed by atoms with Gasteiger partial charge in [0.1, 0.15) is 12.6 Å². The van der Waals surface area contributed by atoms with Gasteiger partial charge in [-0.2, -0.15) is 0 Å². The Hall–Kier alpha value is -4.14. The van der Waals surface area contributed by atoms with E-state index >= 15 is 0 Å². The number of sulfonamides is 1. The quantitative estimate of drug-likeness (QED) is 0.185. The zero-order chi connectivity index (χ0) is 31.7. The summed E-state index contributed by atoms with van der Waals surface area (Å²) in [4.78, 5) is 29.8. The number of halogens is 1. The van der Waals surface area contributed by atoms with Gasteiger partial charge < -0.3 is 10.2 Å². The van der Waals surface area contributed by atoms with Crippen molar-refractivity contribution in [2.75, 3.05) is 10.8 Å². The molecule has 0 fully saturated rings. The van der Waals surface area contributed by atoms with E-state index in [-0.39, 0.29) is 29.8 Å². The lowest BCUT2D eigenvalue weighted by Crippen LogP contribution is -2.54.